The van der Waals surface area contributed by atoms with Gasteiger partial charge in [-0.2, -0.15) is 11.8 Å². The molecule has 0 bridgehead atoms. The number of amides is 2. The largest absolute Gasteiger partial charge is 0.480 e. The Morgan fingerprint density at radius 1 is 1.45 bits per heavy atom. The molecule has 1 fully saturated rings. The lowest BCUT2D eigenvalue weighted by molar-refractivity contribution is -0.139. The fourth-order valence-electron chi connectivity index (χ4n) is 2.30. The summed E-state index contributed by atoms with van der Waals surface area (Å²) < 4.78 is 0. The van der Waals surface area contributed by atoms with Gasteiger partial charge in [0.25, 0.3) is 0 Å². The van der Waals surface area contributed by atoms with Crippen molar-refractivity contribution < 1.29 is 14.7 Å². The molecule has 0 aliphatic carbocycles. The Kier molecular flexibility index (Phi) is 7.15. The summed E-state index contributed by atoms with van der Waals surface area (Å²) in [5.41, 5.74) is 0. The van der Waals surface area contributed by atoms with Crippen LogP contribution in [0.1, 0.15) is 19.8 Å². The van der Waals surface area contributed by atoms with Crippen molar-refractivity contribution in [1.82, 2.24) is 15.1 Å². The van der Waals surface area contributed by atoms with Crippen molar-refractivity contribution in [1.29, 1.82) is 0 Å². The first-order valence-electron chi connectivity index (χ1n) is 6.97. The van der Waals surface area contributed by atoms with Crippen LogP contribution in [0.5, 0.6) is 0 Å². The van der Waals surface area contributed by atoms with Crippen LogP contribution in [0, 0.1) is 0 Å². The van der Waals surface area contributed by atoms with E-state index in [2.05, 4.69) is 24.2 Å². The maximum atomic E-state index is 12.2. The topological polar surface area (TPSA) is 72.9 Å². The van der Waals surface area contributed by atoms with Gasteiger partial charge in [0.15, 0.2) is 0 Å². The molecule has 0 radical (unpaired) electrons. The van der Waals surface area contributed by atoms with Crippen molar-refractivity contribution in [3.05, 3.63) is 0 Å². The third kappa shape index (κ3) is 4.86. The molecule has 2 N–H and O–H groups in total. The van der Waals surface area contributed by atoms with Crippen molar-refractivity contribution in [3.8, 4) is 0 Å². The summed E-state index contributed by atoms with van der Waals surface area (Å²) in [6, 6.07) is -0.705. The van der Waals surface area contributed by atoms with Crippen LogP contribution < -0.4 is 5.32 Å². The van der Waals surface area contributed by atoms with Gasteiger partial charge in [0.2, 0.25) is 0 Å². The van der Waals surface area contributed by atoms with Gasteiger partial charge in [0.1, 0.15) is 6.04 Å². The predicted octanol–water partition coefficient (Wildman–Crippen LogP) is 0.928. The second kappa shape index (κ2) is 8.36. The second-order valence-corrected chi connectivity index (χ2v) is 6.10. The summed E-state index contributed by atoms with van der Waals surface area (Å²) in [5, 5.41) is 11.8. The van der Waals surface area contributed by atoms with Crippen LogP contribution in [-0.4, -0.2) is 77.7 Å². The number of piperazine rings is 1. The van der Waals surface area contributed by atoms with Crippen molar-refractivity contribution >= 4 is 23.8 Å². The molecule has 2 atom stereocenters. The normalized spacial score (nSPS) is 21.6. The zero-order valence-electron chi connectivity index (χ0n) is 12.5. The first kappa shape index (κ1) is 17.1. The van der Waals surface area contributed by atoms with E-state index in [4.69, 9.17) is 5.11 Å². The van der Waals surface area contributed by atoms with Crippen LogP contribution >= 0.6 is 11.8 Å². The SMILES string of the molecule is CCC1CN(C(=O)N[C@H](CCSC)C(=O)O)CCN1C. The van der Waals surface area contributed by atoms with Gasteiger partial charge in [-0.3, -0.25) is 4.90 Å². The van der Waals surface area contributed by atoms with Gasteiger partial charge in [-0.15, -0.1) is 0 Å². The number of aliphatic carboxylic acids is 1. The number of carbonyl (C=O) groups excluding carboxylic acids is 1. The third-order valence-corrected chi connectivity index (χ3v) is 4.39. The number of nitrogens with one attached hydrogen (secondary N) is 1. The molecule has 0 saturated carbocycles. The zero-order valence-corrected chi connectivity index (χ0v) is 13.3. The van der Waals surface area contributed by atoms with Gasteiger partial charge < -0.3 is 15.3 Å². The van der Waals surface area contributed by atoms with Crippen LogP contribution in [-0.2, 0) is 4.79 Å². The first-order valence-corrected chi connectivity index (χ1v) is 8.36. The monoisotopic (exact) mass is 303 g/mol. The Labute approximate surface area is 124 Å². The first-order chi connectivity index (χ1) is 9.49. The number of nitrogens with zero attached hydrogens (tertiary/aromatic N) is 2. The molecule has 1 heterocycles. The van der Waals surface area contributed by atoms with E-state index in [9.17, 15) is 9.59 Å². The van der Waals surface area contributed by atoms with E-state index in [0.717, 1.165) is 18.7 Å². The maximum Gasteiger partial charge on any atom is 0.326 e. The Balaban J connectivity index is 2.53. The van der Waals surface area contributed by atoms with Gasteiger partial charge in [0.05, 0.1) is 0 Å². The number of carboxylic acid groups (broad SMARTS) is 1. The average molecular weight is 303 g/mol. The number of likely N-dealkylation sites (N-methyl/N-ethyl adjacent to an activating group) is 1. The van der Waals surface area contributed by atoms with E-state index in [1.165, 1.54) is 0 Å². The molecule has 0 aromatic rings. The van der Waals surface area contributed by atoms with E-state index in [0.29, 0.717) is 25.6 Å². The summed E-state index contributed by atoms with van der Waals surface area (Å²) >= 11 is 1.58. The van der Waals surface area contributed by atoms with Gasteiger partial charge in [0, 0.05) is 25.7 Å². The maximum absolute atomic E-state index is 12.2. The Morgan fingerprint density at radius 3 is 2.70 bits per heavy atom. The highest BCUT2D eigenvalue weighted by Gasteiger charge is 2.28. The standard InChI is InChI=1S/C13H25N3O3S/c1-4-10-9-16(7-6-15(10)2)13(19)14-11(12(17)18)5-8-20-3/h10-11H,4-9H2,1-3H3,(H,14,19)(H,17,18)/t10?,11-/m1/s1. The molecule has 1 rings (SSSR count). The van der Waals surface area contributed by atoms with Crippen molar-refractivity contribution in [2.24, 2.45) is 0 Å². The average Bonchev–Trinajstić information content (AvgIpc) is 2.43. The number of urea groups is 1. The highest BCUT2D eigenvalue weighted by molar-refractivity contribution is 7.98. The summed E-state index contributed by atoms with van der Waals surface area (Å²) in [7, 11) is 2.06. The number of carbonyl (C=O) groups is 2. The molecule has 0 aromatic carbocycles. The minimum atomic E-state index is -0.964. The molecule has 7 heteroatoms. The molecule has 2 amide bonds. The summed E-state index contributed by atoms with van der Waals surface area (Å²) in [6.45, 7) is 4.23. The molecular formula is C13H25N3O3S. The van der Waals surface area contributed by atoms with Crippen LogP contribution in [0.2, 0.25) is 0 Å². The molecule has 1 saturated heterocycles. The Hall–Kier alpha value is -0.950. The lowest BCUT2D eigenvalue weighted by Crippen LogP contribution is -2.57. The highest BCUT2D eigenvalue weighted by Crippen LogP contribution is 2.11. The van der Waals surface area contributed by atoms with E-state index >= 15 is 0 Å². The molecule has 6 nitrogen and oxygen atoms in total. The lowest BCUT2D eigenvalue weighted by atomic mass is 10.1. The van der Waals surface area contributed by atoms with Gasteiger partial charge >= 0.3 is 12.0 Å². The van der Waals surface area contributed by atoms with Crippen LogP contribution in [0.25, 0.3) is 0 Å². The Morgan fingerprint density at radius 2 is 2.15 bits per heavy atom. The predicted molar refractivity (Wildman–Crippen MR) is 81.2 cm³/mol. The van der Waals surface area contributed by atoms with Crippen molar-refractivity contribution in [2.45, 2.75) is 31.8 Å². The van der Waals surface area contributed by atoms with E-state index in [-0.39, 0.29) is 6.03 Å². The quantitative estimate of drug-likeness (QED) is 0.763. The van der Waals surface area contributed by atoms with Crippen LogP contribution in [0.15, 0.2) is 0 Å². The molecule has 20 heavy (non-hydrogen) atoms. The number of hydrogen-bond donors (Lipinski definition) is 2. The zero-order chi connectivity index (χ0) is 15.1. The minimum absolute atomic E-state index is 0.259. The van der Waals surface area contributed by atoms with E-state index in [1.54, 1.807) is 16.7 Å². The number of rotatable bonds is 6. The molecule has 116 valence electrons. The molecular weight excluding hydrogens is 278 g/mol. The van der Waals surface area contributed by atoms with Crippen molar-refractivity contribution in [2.75, 3.05) is 38.7 Å². The van der Waals surface area contributed by atoms with Crippen molar-refractivity contribution in [3.63, 3.8) is 0 Å². The fraction of sp³-hybridized carbons (Fsp3) is 0.846. The molecule has 0 aromatic heterocycles. The molecule has 1 aliphatic heterocycles. The lowest BCUT2D eigenvalue weighted by Gasteiger charge is -2.39. The molecule has 1 aliphatic rings. The van der Waals surface area contributed by atoms with Gasteiger partial charge in [-0.25, -0.2) is 9.59 Å². The molecule has 0 spiro atoms. The van der Waals surface area contributed by atoms with Gasteiger partial charge in [-0.05, 0) is 31.9 Å². The number of carboxylic acids is 1. The van der Waals surface area contributed by atoms with E-state index < -0.39 is 12.0 Å². The number of thioether (sulfide) groups is 1. The van der Waals surface area contributed by atoms with Gasteiger partial charge in [-0.1, -0.05) is 6.92 Å². The highest BCUT2D eigenvalue weighted by atomic mass is 32.2. The van der Waals surface area contributed by atoms with E-state index in [1.807, 2.05) is 6.26 Å². The van der Waals surface area contributed by atoms with Crippen LogP contribution in [0.3, 0.4) is 0 Å². The summed E-state index contributed by atoms with van der Waals surface area (Å²) in [4.78, 5) is 27.3. The summed E-state index contributed by atoms with van der Waals surface area (Å²) in [5.74, 6) is -0.244. The summed E-state index contributed by atoms with van der Waals surface area (Å²) in [6.07, 6.45) is 3.36. The Bertz CT molecular complexity index is 341. The number of hydrogen-bond acceptors (Lipinski definition) is 4. The minimum Gasteiger partial charge on any atom is -0.480 e. The second-order valence-electron chi connectivity index (χ2n) is 5.11. The smallest absolute Gasteiger partial charge is 0.326 e. The van der Waals surface area contributed by atoms with Crippen LogP contribution in [0.4, 0.5) is 4.79 Å². The third-order valence-electron chi connectivity index (χ3n) is 3.74. The fourth-order valence-corrected chi connectivity index (χ4v) is 2.78. The molecule has 1 unspecified atom stereocenters.